The molecule has 4 heteroatoms. The second kappa shape index (κ2) is 5.83. The number of hydrogen-bond donors (Lipinski definition) is 1. The minimum Gasteiger partial charge on any atom is -0.339 e. The van der Waals surface area contributed by atoms with Gasteiger partial charge in [-0.25, -0.2) is 0 Å². The lowest BCUT2D eigenvalue weighted by Crippen LogP contribution is -2.55. The van der Waals surface area contributed by atoms with E-state index in [2.05, 4.69) is 24.1 Å². The van der Waals surface area contributed by atoms with Gasteiger partial charge in [0.15, 0.2) is 0 Å². The molecule has 1 N–H and O–H groups in total. The van der Waals surface area contributed by atoms with E-state index in [0.29, 0.717) is 11.9 Å². The number of hydrogen-bond acceptors (Lipinski definition) is 3. The Labute approximate surface area is 104 Å². The first-order valence-electron chi connectivity index (χ1n) is 6.94. The van der Waals surface area contributed by atoms with Gasteiger partial charge in [0, 0.05) is 32.2 Å². The Hall–Kier alpha value is -0.610. The van der Waals surface area contributed by atoms with Crippen molar-refractivity contribution in [2.24, 2.45) is 0 Å². The Morgan fingerprint density at radius 1 is 1.18 bits per heavy atom. The molecule has 2 saturated heterocycles. The van der Waals surface area contributed by atoms with Crippen molar-refractivity contribution in [1.82, 2.24) is 15.1 Å². The summed E-state index contributed by atoms with van der Waals surface area (Å²) in [5, 5.41) is 3.35. The van der Waals surface area contributed by atoms with Crippen LogP contribution in [0.3, 0.4) is 0 Å². The van der Waals surface area contributed by atoms with Crippen LogP contribution in [0, 0.1) is 0 Å². The molecule has 2 fully saturated rings. The smallest absolute Gasteiger partial charge is 0.239 e. The predicted octanol–water partition coefficient (Wildman–Crippen LogP) is 0.681. The highest BCUT2D eigenvalue weighted by Gasteiger charge is 2.28. The molecule has 0 aromatic carbocycles. The highest BCUT2D eigenvalue weighted by molar-refractivity contribution is 5.82. The van der Waals surface area contributed by atoms with Gasteiger partial charge in [0.25, 0.3) is 0 Å². The number of amides is 1. The van der Waals surface area contributed by atoms with E-state index in [1.165, 1.54) is 12.8 Å². The van der Waals surface area contributed by atoms with Crippen molar-refractivity contribution in [1.29, 1.82) is 0 Å². The predicted molar refractivity (Wildman–Crippen MR) is 68.9 cm³/mol. The van der Waals surface area contributed by atoms with Crippen molar-refractivity contribution < 1.29 is 4.79 Å². The van der Waals surface area contributed by atoms with Crippen molar-refractivity contribution in [3.05, 3.63) is 0 Å². The van der Waals surface area contributed by atoms with Gasteiger partial charge in [-0.3, -0.25) is 9.69 Å². The summed E-state index contributed by atoms with van der Waals surface area (Å²) in [7, 11) is 0. The summed E-state index contributed by atoms with van der Waals surface area (Å²) >= 11 is 0. The molecule has 2 heterocycles. The third-order valence-electron chi connectivity index (χ3n) is 3.96. The number of nitrogens with zero attached hydrogens (tertiary/aromatic N) is 2. The van der Waals surface area contributed by atoms with Gasteiger partial charge in [0.2, 0.25) is 5.91 Å². The number of piperidine rings is 1. The molecule has 0 unspecified atom stereocenters. The van der Waals surface area contributed by atoms with Crippen LogP contribution in [0.4, 0.5) is 0 Å². The Bertz CT molecular complexity index is 253. The highest BCUT2D eigenvalue weighted by atomic mass is 16.2. The van der Waals surface area contributed by atoms with Gasteiger partial charge >= 0.3 is 0 Å². The molecular weight excluding hydrogens is 214 g/mol. The highest BCUT2D eigenvalue weighted by Crippen LogP contribution is 2.12. The van der Waals surface area contributed by atoms with Crippen molar-refractivity contribution in [3.8, 4) is 0 Å². The Morgan fingerprint density at radius 2 is 1.88 bits per heavy atom. The van der Waals surface area contributed by atoms with Gasteiger partial charge in [0.1, 0.15) is 0 Å². The molecule has 0 aliphatic carbocycles. The maximum absolute atomic E-state index is 12.3. The standard InChI is InChI=1S/C13H25N3O/c1-11(2)15-7-9-16(10-8-15)13(17)12-5-3-4-6-14-12/h11-12,14H,3-10H2,1-2H3/t12-/m0/s1. The SMILES string of the molecule is CC(C)N1CCN(C(=O)[C@@H]2CCCCN2)CC1. The lowest BCUT2D eigenvalue weighted by Gasteiger charge is -2.38. The van der Waals surface area contributed by atoms with Crippen LogP contribution in [-0.4, -0.2) is 60.5 Å². The van der Waals surface area contributed by atoms with Crippen LogP contribution in [0.5, 0.6) is 0 Å². The first-order chi connectivity index (χ1) is 8.18. The minimum absolute atomic E-state index is 0.0920. The van der Waals surface area contributed by atoms with E-state index >= 15 is 0 Å². The topological polar surface area (TPSA) is 35.6 Å². The number of piperazine rings is 1. The maximum Gasteiger partial charge on any atom is 0.239 e. The first kappa shape index (κ1) is 12.8. The van der Waals surface area contributed by atoms with E-state index in [4.69, 9.17) is 0 Å². The van der Waals surface area contributed by atoms with Crippen molar-refractivity contribution in [3.63, 3.8) is 0 Å². The molecule has 4 nitrogen and oxygen atoms in total. The molecule has 2 aliphatic rings. The second-order valence-electron chi connectivity index (χ2n) is 5.46. The molecule has 1 amide bonds. The minimum atomic E-state index is 0.0920. The van der Waals surface area contributed by atoms with Crippen molar-refractivity contribution in [2.75, 3.05) is 32.7 Å². The Balaban J connectivity index is 1.81. The zero-order chi connectivity index (χ0) is 12.3. The van der Waals surface area contributed by atoms with Crippen molar-refractivity contribution in [2.45, 2.75) is 45.2 Å². The summed E-state index contributed by atoms with van der Waals surface area (Å²) in [5.74, 6) is 0.327. The third kappa shape index (κ3) is 3.19. The number of nitrogens with one attached hydrogen (secondary N) is 1. The van der Waals surface area contributed by atoms with Gasteiger partial charge in [-0.2, -0.15) is 0 Å². The summed E-state index contributed by atoms with van der Waals surface area (Å²) < 4.78 is 0. The van der Waals surface area contributed by atoms with Gasteiger partial charge in [-0.15, -0.1) is 0 Å². The molecular formula is C13H25N3O. The summed E-state index contributed by atoms with van der Waals surface area (Å²) in [6, 6.07) is 0.689. The fraction of sp³-hybridized carbons (Fsp3) is 0.923. The maximum atomic E-state index is 12.3. The fourth-order valence-corrected chi connectivity index (χ4v) is 2.74. The van der Waals surface area contributed by atoms with Crippen LogP contribution in [-0.2, 0) is 4.79 Å². The van der Waals surface area contributed by atoms with E-state index in [0.717, 1.165) is 39.1 Å². The van der Waals surface area contributed by atoms with Gasteiger partial charge in [-0.05, 0) is 33.2 Å². The summed E-state index contributed by atoms with van der Waals surface area (Å²) in [6.45, 7) is 9.29. The van der Waals surface area contributed by atoms with E-state index in [1.54, 1.807) is 0 Å². The number of carbonyl (C=O) groups is 1. The molecule has 2 aliphatic heterocycles. The third-order valence-corrected chi connectivity index (χ3v) is 3.96. The molecule has 0 radical (unpaired) electrons. The van der Waals surface area contributed by atoms with E-state index in [9.17, 15) is 4.79 Å². The average Bonchev–Trinajstić information content (AvgIpc) is 2.39. The number of rotatable bonds is 2. The lowest BCUT2D eigenvalue weighted by molar-refractivity contribution is -0.136. The molecule has 0 aromatic rings. The summed E-state index contributed by atoms with van der Waals surface area (Å²) in [6.07, 6.45) is 3.42. The van der Waals surface area contributed by atoms with E-state index in [1.807, 2.05) is 4.90 Å². The van der Waals surface area contributed by atoms with Crippen LogP contribution in [0.15, 0.2) is 0 Å². The van der Waals surface area contributed by atoms with Crippen molar-refractivity contribution >= 4 is 5.91 Å². The molecule has 1 atom stereocenters. The van der Waals surface area contributed by atoms with Crippen LogP contribution in [0.2, 0.25) is 0 Å². The quantitative estimate of drug-likeness (QED) is 0.770. The molecule has 0 aromatic heterocycles. The first-order valence-corrected chi connectivity index (χ1v) is 6.94. The fourth-order valence-electron chi connectivity index (χ4n) is 2.74. The van der Waals surface area contributed by atoms with Crippen LogP contribution in [0.25, 0.3) is 0 Å². The molecule has 17 heavy (non-hydrogen) atoms. The zero-order valence-electron chi connectivity index (χ0n) is 11.1. The van der Waals surface area contributed by atoms with E-state index < -0.39 is 0 Å². The molecule has 0 bridgehead atoms. The zero-order valence-corrected chi connectivity index (χ0v) is 11.1. The lowest BCUT2D eigenvalue weighted by atomic mass is 10.0. The van der Waals surface area contributed by atoms with Gasteiger partial charge < -0.3 is 10.2 Å². The molecule has 2 rings (SSSR count). The second-order valence-corrected chi connectivity index (χ2v) is 5.46. The average molecular weight is 239 g/mol. The molecule has 0 spiro atoms. The molecule has 0 saturated carbocycles. The Kier molecular flexibility index (Phi) is 4.40. The summed E-state index contributed by atoms with van der Waals surface area (Å²) in [5.41, 5.74) is 0. The van der Waals surface area contributed by atoms with Gasteiger partial charge in [0.05, 0.1) is 6.04 Å². The monoisotopic (exact) mass is 239 g/mol. The van der Waals surface area contributed by atoms with Crippen LogP contribution < -0.4 is 5.32 Å². The van der Waals surface area contributed by atoms with Gasteiger partial charge in [-0.1, -0.05) is 6.42 Å². The number of carbonyl (C=O) groups excluding carboxylic acids is 1. The normalized spacial score (nSPS) is 27.5. The molecule has 98 valence electrons. The van der Waals surface area contributed by atoms with Crippen LogP contribution >= 0.6 is 0 Å². The van der Waals surface area contributed by atoms with E-state index in [-0.39, 0.29) is 6.04 Å². The van der Waals surface area contributed by atoms with Crippen LogP contribution in [0.1, 0.15) is 33.1 Å². The Morgan fingerprint density at radius 3 is 2.41 bits per heavy atom. The largest absolute Gasteiger partial charge is 0.339 e. The summed E-state index contributed by atoms with van der Waals surface area (Å²) in [4.78, 5) is 16.8.